The molecular formula is C17H24BrFN2O. The molecule has 0 aliphatic carbocycles. The fourth-order valence-electron chi connectivity index (χ4n) is 3.09. The summed E-state index contributed by atoms with van der Waals surface area (Å²) >= 11 is 3.23. The summed E-state index contributed by atoms with van der Waals surface area (Å²) in [5.41, 5.74) is 1.07. The minimum atomic E-state index is -0.239. The molecule has 0 aromatic heterocycles. The van der Waals surface area contributed by atoms with Crippen LogP contribution in [0.2, 0.25) is 0 Å². The van der Waals surface area contributed by atoms with Gasteiger partial charge in [0.25, 0.3) is 0 Å². The van der Waals surface area contributed by atoms with Gasteiger partial charge in [0, 0.05) is 26.2 Å². The van der Waals surface area contributed by atoms with Gasteiger partial charge in [-0.1, -0.05) is 6.07 Å². The third-order valence-electron chi connectivity index (χ3n) is 4.32. The number of amides is 1. The molecule has 1 aromatic rings. The summed E-state index contributed by atoms with van der Waals surface area (Å²) in [5.74, 6) is 0.129. The van der Waals surface area contributed by atoms with Crippen LogP contribution in [0.25, 0.3) is 0 Å². The molecule has 1 saturated heterocycles. The van der Waals surface area contributed by atoms with Gasteiger partial charge in [0.2, 0.25) is 5.91 Å². The molecule has 1 aliphatic heterocycles. The second-order valence-corrected chi connectivity index (χ2v) is 6.69. The van der Waals surface area contributed by atoms with Gasteiger partial charge in [-0.25, -0.2) is 4.39 Å². The standard InChI is InChI=1S/C17H24BrFN2O/c1-3-21(4-2)17(22)14-6-5-9-20(12-14)11-13-7-8-16(19)15(18)10-13/h7-8,10,14H,3-6,9,11-12H2,1-2H3/t14-/m0/s1. The summed E-state index contributed by atoms with van der Waals surface area (Å²) in [7, 11) is 0. The molecule has 0 bridgehead atoms. The van der Waals surface area contributed by atoms with Gasteiger partial charge in [0.05, 0.1) is 10.4 Å². The zero-order chi connectivity index (χ0) is 16.1. The van der Waals surface area contributed by atoms with Crippen LogP contribution in [-0.2, 0) is 11.3 Å². The van der Waals surface area contributed by atoms with Gasteiger partial charge < -0.3 is 4.90 Å². The number of carbonyl (C=O) groups excluding carboxylic acids is 1. The molecule has 0 radical (unpaired) electrons. The summed E-state index contributed by atoms with van der Waals surface area (Å²) in [6.07, 6.45) is 2.01. The minimum Gasteiger partial charge on any atom is -0.343 e. The smallest absolute Gasteiger partial charge is 0.226 e. The predicted molar refractivity (Wildman–Crippen MR) is 90.0 cm³/mol. The normalized spacial score (nSPS) is 19.2. The summed E-state index contributed by atoms with van der Waals surface area (Å²) in [6.45, 7) is 8.16. The molecule has 122 valence electrons. The van der Waals surface area contributed by atoms with Crippen LogP contribution in [0.3, 0.4) is 0 Å². The molecule has 0 N–H and O–H groups in total. The van der Waals surface area contributed by atoms with Crippen LogP contribution in [-0.4, -0.2) is 41.9 Å². The van der Waals surface area contributed by atoms with E-state index in [1.807, 2.05) is 30.9 Å². The van der Waals surface area contributed by atoms with Gasteiger partial charge in [0.15, 0.2) is 0 Å². The molecular weight excluding hydrogens is 347 g/mol. The number of hydrogen-bond acceptors (Lipinski definition) is 2. The van der Waals surface area contributed by atoms with E-state index in [0.717, 1.165) is 51.1 Å². The van der Waals surface area contributed by atoms with Gasteiger partial charge in [0.1, 0.15) is 5.82 Å². The van der Waals surface area contributed by atoms with E-state index in [1.54, 1.807) is 0 Å². The second kappa shape index (κ2) is 8.06. The Morgan fingerprint density at radius 3 is 2.77 bits per heavy atom. The van der Waals surface area contributed by atoms with Crippen molar-refractivity contribution in [2.45, 2.75) is 33.2 Å². The Morgan fingerprint density at radius 1 is 1.41 bits per heavy atom. The first-order valence-electron chi connectivity index (χ1n) is 8.00. The van der Waals surface area contributed by atoms with Crippen LogP contribution >= 0.6 is 15.9 Å². The molecule has 1 aromatic carbocycles. The predicted octanol–water partition coefficient (Wildman–Crippen LogP) is 3.67. The second-order valence-electron chi connectivity index (χ2n) is 5.83. The van der Waals surface area contributed by atoms with E-state index in [9.17, 15) is 9.18 Å². The maximum atomic E-state index is 13.3. The highest BCUT2D eigenvalue weighted by atomic mass is 79.9. The van der Waals surface area contributed by atoms with Crippen LogP contribution in [0, 0.1) is 11.7 Å². The van der Waals surface area contributed by atoms with E-state index in [2.05, 4.69) is 20.8 Å². The number of rotatable bonds is 5. The Labute approximate surface area is 140 Å². The average Bonchev–Trinajstić information content (AvgIpc) is 2.52. The van der Waals surface area contributed by atoms with Crippen molar-refractivity contribution in [2.75, 3.05) is 26.2 Å². The van der Waals surface area contributed by atoms with Crippen molar-refractivity contribution in [3.05, 3.63) is 34.1 Å². The lowest BCUT2D eigenvalue weighted by Crippen LogP contribution is -2.44. The van der Waals surface area contributed by atoms with Crippen LogP contribution in [0.4, 0.5) is 4.39 Å². The van der Waals surface area contributed by atoms with Crippen LogP contribution < -0.4 is 0 Å². The van der Waals surface area contributed by atoms with Crippen molar-refractivity contribution in [2.24, 2.45) is 5.92 Å². The van der Waals surface area contributed by atoms with Crippen molar-refractivity contribution >= 4 is 21.8 Å². The molecule has 1 atom stereocenters. The molecule has 0 saturated carbocycles. The molecule has 5 heteroatoms. The molecule has 1 fully saturated rings. The van der Waals surface area contributed by atoms with Gasteiger partial charge in [-0.3, -0.25) is 9.69 Å². The van der Waals surface area contributed by atoms with E-state index >= 15 is 0 Å². The first-order chi connectivity index (χ1) is 10.5. The largest absolute Gasteiger partial charge is 0.343 e. The van der Waals surface area contributed by atoms with Crippen molar-refractivity contribution in [1.29, 1.82) is 0 Å². The summed E-state index contributed by atoms with van der Waals surface area (Å²) in [4.78, 5) is 16.7. The number of piperidine rings is 1. The molecule has 0 unspecified atom stereocenters. The van der Waals surface area contributed by atoms with Gasteiger partial charge in [-0.15, -0.1) is 0 Å². The first-order valence-corrected chi connectivity index (χ1v) is 8.79. The van der Waals surface area contributed by atoms with Gasteiger partial charge >= 0.3 is 0 Å². The maximum Gasteiger partial charge on any atom is 0.226 e. The summed E-state index contributed by atoms with van der Waals surface area (Å²) in [5, 5.41) is 0. The zero-order valence-corrected chi connectivity index (χ0v) is 14.9. The monoisotopic (exact) mass is 370 g/mol. The Morgan fingerprint density at radius 2 is 2.14 bits per heavy atom. The van der Waals surface area contributed by atoms with Crippen molar-refractivity contribution in [3.8, 4) is 0 Å². The number of likely N-dealkylation sites (tertiary alicyclic amines) is 1. The third-order valence-corrected chi connectivity index (χ3v) is 4.93. The zero-order valence-electron chi connectivity index (χ0n) is 13.3. The molecule has 1 amide bonds. The number of halogens is 2. The van der Waals surface area contributed by atoms with E-state index in [1.165, 1.54) is 6.07 Å². The van der Waals surface area contributed by atoms with E-state index < -0.39 is 0 Å². The first kappa shape index (κ1) is 17.4. The average molecular weight is 371 g/mol. The minimum absolute atomic E-state index is 0.0949. The quantitative estimate of drug-likeness (QED) is 0.789. The topological polar surface area (TPSA) is 23.6 Å². The molecule has 0 spiro atoms. The Kier molecular flexibility index (Phi) is 6.38. The fourth-order valence-corrected chi connectivity index (χ4v) is 3.52. The lowest BCUT2D eigenvalue weighted by molar-refractivity contribution is -0.137. The van der Waals surface area contributed by atoms with Crippen LogP contribution in [0.5, 0.6) is 0 Å². The van der Waals surface area contributed by atoms with Crippen LogP contribution in [0.15, 0.2) is 22.7 Å². The SMILES string of the molecule is CCN(CC)C(=O)[C@H]1CCCN(Cc2ccc(F)c(Br)c2)C1. The van der Waals surface area contributed by atoms with Gasteiger partial charge in [-0.2, -0.15) is 0 Å². The van der Waals surface area contributed by atoms with Crippen molar-refractivity contribution < 1.29 is 9.18 Å². The highest BCUT2D eigenvalue weighted by Crippen LogP contribution is 2.22. The molecule has 3 nitrogen and oxygen atoms in total. The van der Waals surface area contributed by atoms with E-state index in [-0.39, 0.29) is 17.6 Å². The number of hydrogen-bond donors (Lipinski definition) is 0. The van der Waals surface area contributed by atoms with Gasteiger partial charge in [-0.05, 0) is 66.9 Å². The maximum absolute atomic E-state index is 13.3. The van der Waals surface area contributed by atoms with Crippen molar-refractivity contribution in [3.63, 3.8) is 0 Å². The van der Waals surface area contributed by atoms with Crippen molar-refractivity contribution in [1.82, 2.24) is 9.80 Å². The number of benzene rings is 1. The Balaban J connectivity index is 1.98. The van der Waals surface area contributed by atoms with E-state index in [0.29, 0.717) is 4.47 Å². The number of nitrogens with zero attached hydrogens (tertiary/aromatic N) is 2. The third kappa shape index (κ3) is 4.29. The van der Waals surface area contributed by atoms with E-state index in [4.69, 9.17) is 0 Å². The van der Waals surface area contributed by atoms with Crippen LogP contribution in [0.1, 0.15) is 32.3 Å². The molecule has 2 rings (SSSR count). The highest BCUT2D eigenvalue weighted by Gasteiger charge is 2.28. The fraction of sp³-hybridized carbons (Fsp3) is 0.588. The highest BCUT2D eigenvalue weighted by molar-refractivity contribution is 9.10. The lowest BCUT2D eigenvalue weighted by Gasteiger charge is -2.34. The Bertz CT molecular complexity index is 519. The molecule has 1 aliphatic rings. The number of carbonyl (C=O) groups is 1. The Hall–Kier alpha value is -0.940. The summed E-state index contributed by atoms with van der Waals surface area (Å²) in [6, 6.07) is 5.13. The molecule has 1 heterocycles. The lowest BCUT2D eigenvalue weighted by atomic mass is 9.96. The molecule has 22 heavy (non-hydrogen) atoms. The summed E-state index contributed by atoms with van der Waals surface area (Å²) < 4.78 is 13.8.